The molecule has 0 unspecified atom stereocenters. The number of hydrogen-bond donors (Lipinski definition) is 2. The summed E-state index contributed by atoms with van der Waals surface area (Å²) in [5, 5.41) is 14.1. The Morgan fingerprint density at radius 3 is 2.50 bits per heavy atom. The number of phenols is 1. The van der Waals surface area contributed by atoms with E-state index in [4.69, 9.17) is 16.3 Å². The van der Waals surface area contributed by atoms with Crippen molar-refractivity contribution in [1.82, 2.24) is 0 Å². The first-order valence-electron chi connectivity index (χ1n) is 9.96. The molecule has 150 valence electrons. The smallest absolute Gasteiger partial charge is 0.137 e. The minimum Gasteiger partial charge on any atom is -0.506 e. The van der Waals surface area contributed by atoms with E-state index in [-0.39, 0.29) is 11.3 Å². The van der Waals surface area contributed by atoms with E-state index in [2.05, 4.69) is 62.5 Å². The normalized spacial score (nSPS) is 17.2. The second-order valence-corrected chi connectivity index (χ2v) is 8.76. The van der Waals surface area contributed by atoms with Gasteiger partial charge < -0.3 is 15.2 Å². The Morgan fingerprint density at radius 1 is 0.967 bits per heavy atom. The Balaban J connectivity index is 1.84. The molecule has 4 heteroatoms. The summed E-state index contributed by atoms with van der Waals surface area (Å²) in [6.07, 6.45) is 4.28. The van der Waals surface area contributed by atoms with Gasteiger partial charge in [0.25, 0.3) is 0 Å². The van der Waals surface area contributed by atoms with Crippen LogP contribution in [0.25, 0.3) is 28.5 Å². The van der Waals surface area contributed by atoms with Crippen molar-refractivity contribution >= 4 is 34.7 Å². The quantitative estimate of drug-likeness (QED) is 0.441. The summed E-state index contributed by atoms with van der Waals surface area (Å²) in [6, 6.07) is 17.6. The van der Waals surface area contributed by atoms with Crippen LogP contribution in [0.15, 0.2) is 60.7 Å². The highest BCUT2D eigenvalue weighted by Crippen LogP contribution is 2.52. The number of halogens is 1. The third kappa shape index (κ3) is 2.98. The molecule has 0 atom stereocenters. The molecule has 2 N–H and O–H groups in total. The molecule has 2 aliphatic rings. The van der Waals surface area contributed by atoms with Gasteiger partial charge >= 0.3 is 0 Å². The van der Waals surface area contributed by atoms with E-state index >= 15 is 0 Å². The second kappa shape index (κ2) is 6.68. The summed E-state index contributed by atoms with van der Waals surface area (Å²) < 4.78 is 6.38. The highest BCUT2D eigenvalue weighted by molar-refractivity contribution is 6.35. The Bertz CT molecular complexity index is 1240. The lowest BCUT2D eigenvalue weighted by molar-refractivity contribution is 0.471. The molecule has 0 bridgehead atoms. The van der Waals surface area contributed by atoms with Crippen molar-refractivity contribution in [3.05, 3.63) is 82.4 Å². The van der Waals surface area contributed by atoms with Crippen molar-refractivity contribution in [1.29, 1.82) is 0 Å². The molecule has 3 aromatic rings. The van der Waals surface area contributed by atoms with Gasteiger partial charge in [-0.05, 0) is 61.7 Å². The van der Waals surface area contributed by atoms with Crippen molar-refractivity contribution in [2.75, 3.05) is 5.32 Å². The third-order valence-corrected chi connectivity index (χ3v) is 5.93. The maximum Gasteiger partial charge on any atom is 0.137 e. The Hall–Kier alpha value is -3.17. The number of ether oxygens (including phenoxy) is 1. The van der Waals surface area contributed by atoms with Gasteiger partial charge in [-0.3, -0.25) is 0 Å². The van der Waals surface area contributed by atoms with Crippen molar-refractivity contribution in [3.63, 3.8) is 0 Å². The number of aromatic hydroxyl groups is 1. The topological polar surface area (TPSA) is 41.5 Å². The first-order valence-corrected chi connectivity index (χ1v) is 10.3. The monoisotopic (exact) mass is 415 g/mol. The fourth-order valence-corrected chi connectivity index (χ4v) is 4.69. The number of allylic oxidation sites excluding steroid dienone is 1. The molecule has 5 rings (SSSR count). The van der Waals surface area contributed by atoms with Crippen molar-refractivity contribution in [2.24, 2.45) is 0 Å². The molecule has 0 spiro atoms. The van der Waals surface area contributed by atoms with Gasteiger partial charge in [0.05, 0.1) is 10.6 Å². The molecule has 0 saturated carbocycles. The summed E-state index contributed by atoms with van der Waals surface area (Å²) in [5.74, 6) is 1.44. The Labute approximate surface area is 181 Å². The van der Waals surface area contributed by atoms with E-state index in [1.807, 2.05) is 18.2 Å². The van der Waals surface area contributed by atoms with Crippen molar-refractivity contribution in [2.45, 2.75) is 26.3 Å². The summed E-state index contributed by atoms with van der Waals surface area (Å²) in [7, 11) is 0. The van der Waals surface area contributed by atoms with Gasteiger partial charge in [-0.1, -0.05) is 54.1 Å². The lowest BCUT2D eigenvalue weighted by Crippen LogP contribution is -2.32. The van der Waals surface area contributed by atoms with Crippen LogP contribution in [-0.4, -0.2) is 10.6 Å². The predicted molar refractivity (Wildman–Crippen MR) is 125 cm³/mol. The second-order valence-electron chi connectivity index (χ2n) is 8.38. The van der Waals surface area contributed by atoms with Gasteiger partial charge in [-0.2, -0.15) is 0 Å². The predicted octanol–water partition coefficient (Wildman–Crippen LogP) is 7.21. The maximum absolute atomic E-state index is 10.2. The zero-order chi connectivity index (χ0) is 21.0. The summed E-state index contributed by atoms with van der Waals surface area (Å²) in [5.41, 5.74) is 6.89. The van der Waals surface area contributed by atoms with Crippen molar-refractivity contribution < 1.29 is 9.84 Å². The molecule has 2 aliphatic heterocycles. The molecule has 3 nitrogen and oxygen atoms in total. The average molecular weight is 416 g/mol. The lowest BCUT2D eigenvalue weighted by atomic mass is 9.83. The van der Waals surface area contributed by atoms with Crippen LogP contribution in [0.3, 0.4) is 0 Å². The molecule has 2 heterocycles. The zero-order valence-corrected chi connectivity index (χ0v) is 17.8. The largest absolute Gasteiger partial charge is 0.506 e. The average Bonchev–Trinajstić information content (AvgIpc) is 2.70. The molecular formula is C26H22ClNO2. The van der Waals surface area contributed by atoms with E-state index in [1.54, 1.807) is 12.1 Å². The van der Waals surface area contributed by atoms with E-state index in [0.717, 1.165) is 39.3 Å². The maximum atomic E-state index is 10.2. The fraction of sp³-hybridized carbons (Fsp3) is 0.154. The highest BCUT2D eigenvalue weighted by atomic mass is 35.5. The number of phenolic OH excluding ortho intramolecular Hbond substituents is 1. The minimum atomic E-state index is -0.141. The molecule has 3 aromatic carbocycles. The van der Waals surface area contributed by atoms with E-state index in [1.165, 1.54) is 5.57 Å². The molecule has 0 fully saturated rings. The molecule has 0 saturated heterocycles. The minimum absolute atomic E-state index is 0.0460. The fourth-order valence-electron chi connectivity index (χ4n) is 4.43. The highest BCUT2D eigenvalue weighted by Gasteiger charge is 2.32. The van der Waals surface area contributed by atoms with E-state index in [9.17, 15) is 5.11 Å². The molecule has 30 heavy (non-hydrogen) atoms. The third-order valence-electron chi connectivity index (χ3n) is 5.55. The molecular weight excluding hydrogens is 394 g/mol. The van der Waals surface area contributed by atoms with E-state index in [0.29, 0.717) is 10.8 Å². The van der Waals surface area contributed by atoms with Gasteiger partial charge in [0, 0.05) is 22.4 Å². The van der Waals surface area contributed by atoms with Crippen LogP contribution >= 0.6 is 11.6 Å². The van der Waals surface area contributed by atoms with Crippen LogP contribution in [0.1, 0.15) is 37.5 Å². The molecule has 0 radical (unpaired) electrons. The first kappa shape index (κ1) is 18.8. The van der Waals surface area contributed by atoms with Crippen LogP contribution in [0.4, 0.5) is 5.69 Å². The van der Waals surface area contributed by atoms with Crippen LogP contribution in [0.5, 0.6) is 11.5 Å². The summed E-state index contributed by atoms with van der Waals surface area (Å²) >= 11 is 6.53. The molecule has 0 amide bonds. The van der Waals surface area contributed by atoms with Crippen LogP contribution < -0.4 is 10.1 Å². The van der Waals surface area contributed by atoms with Crippen LogP contribution in [0, 0.1) is 0 Å². The number of rotatable bonds is 1. The van der Waals surface area contributed by atoms with Crippen molar-refractivity contribution in [3.8, 4) is 22.6 Å². The number of anilines is 1. The van der Waals surface area contributed by atoms with Gasteiger partial charge in [-0.25, -0.2) is 0 Å². The zero-order valence-electron chi connectivity index (χ0n) is 17.1. The van der Waals surface area contributed by atoms with Gasteiger partial charge in [0.1, 0.15) is 17.3 Å². The Kier molecular flexibility index (Phi) is 4.19. The molecule has 0 aromatic heterocycles. The Morgan fingerprint density at radius 2 is 1.73 bits per heavy atom. The first-order chi connectivity index (χ1) is 14.3. The van der Waals surface area contributed by atoms with Gasteiger partial charge in [-0.15, -0.1) is 0 Å². The lowest BCUT2D eigenvalue weighted by Gasteiger charge is -2.35. The standard InChI is InChI=1S/C26H22ClNO2/c1-15-14-26(2,3)28-18-10-9-17-23(22(15)18)21(13-16-7-5-4-6-8-16)30-20-12-11-19(29)25(27)24(17)20/h4-14,28-29H,1-3H3. The van der Waals surface area contributed by atoms with Crippen LogP contribution in [0.2, 0.25) is 5.02 Å². The molecule has 0 aliphatic carbocycles. The number of benzene rings is 3. The van der Waals surface area contributed by atoms with Gasteiger partial charge in [0.15, 0.2) is 0 Å². The number of nitrogens with one attached hydrogen (secondary N) is 1. The van der Waals surface area contributed by atoms with Crippen LogP contribution in [-0.2, 0) is 0 Å². The summed E-state index contributed by atoms with van der Waals surface area (Å²) in [6.45, 7) is 6.43. The number of hydrogen-bond acceptors (Lipinski definition) is 3. The van der Waals surface area contributed by atoms with E-state index < -0.39 is 0 Å². The van der Waals surface area contributed by atoms with Gasteiger partial charge in [0.2, 0.25) is 0 Å². The SMILES string of the molecule is CC1=CC(C)(C)Nc2ccc3c(c21)C(=Cc1ccccc1)Oc1ccc(O)c(Cl)c1-3. The number of fused-ring (bicyclic) bond motifs is 5. The summed E-state index contributed by atoms with van der Waals surface area (Å²) in [4.78, 5) is 0.